The number of nitrogens with two attached hydrogens (primary N) is 2. The van der Waals surface area contributed by atoms with Gasteiger partial charge in [0.25, 0.3) is 0 Å². The largest absolute Gasteiger partial charge is 0.341 e. The van der Waals surface area contributed by atoms with E-state index in [0.717, 1.165) is 33.5 Å². The van der Waals surface area contributed by atoms with E-state index in [-0.39, 0.29) is 22.9 Å². The molecule has 1 aromatic carbocycles. The number of thiophene rings is 1. The minimum Gasteiger partial charge on any atom is -0.341 e. The summed E-state index contributed by atoms with van der Waals surface area (Å²) in [4.78, 5) is 18.2. The molecule has 6 nitrogen and oxygen atoms in total. The Kier molecular flexibility index (Phi) is 6.07. The van der Waals surface area contributed by atoms with Gasteiger partial charge in [0.1, 0.15) is 11.6 Å². The number of aromatic amines is 2. The lowest BCUT2D eigenvalue weighted by Gasteiger charge is -2.24. The fraction of sp³-hybridized carbons (Fsp3) is 0.385. The van der Waals surface area contributed by atoms with Gasteiger partial charge in [-0.25, -0.2) is 9.97 Å². The molecule has 4 aromatic rings. The van der Waals surface area contributed by atoms with Crippen molar-refractivity contribution in [3.63, 3.8) is 0 Å². The van der Waals surface area contributed by atoms with Gasteiger partial charge in [0.05, 0.1) is 40.7 Å². The highest BCUT2D eigenvalue weighted by Gasteiger charge is 2.26. The van der Waals surface area contributed by atoms with E-state index in [9.17, 15) is 0 Å². The first kappa shape index (κ1) is 23.4. The molecule has 3 aromatic heterocycles. The number of benzene rings is 1. The Morgan fingerprint density at radius 3 is 1.67 bits per heavy atom. The summed E-state index contributed by atoms with van der Waals surface area (Å²) in [6.45, 7) is 12.7. The molecule has 0 fully saturated rings. The third-order valence-corrected chi connectivity index (χ3v) is 7.17. The van der Waals surface area contributed by atoms with Gasteiger partial charge >= 0.3 is 0 Å². The molecule has 0 radical (unpaired) electrons. The van der Waals surface area contributed by atoms with Crippen LogP contribution in [0.25, 0.3) is 32.3 Å². The van der Waals surface area contributed by atoms with Crippen LogP contribution in [0.15, 0.2) is 48.8 Å². The molecule has 2 atom stereocenters. The summed E-state index contributed by atoms with van der Waals surface area (Å²) in [7, 11) is 0. The molecule has 0 amide bonds. The fourth-order valence-corrected chi connectivity index (χ4v) is 4.51. The molecule has 3 heterocycles. The van der Waals surface area contributed by atoms with Crippen molar-refractivity contribution in [2.45, 2.75) is 53.6 Å². The summed E-state index contributed by atoms with van der Waals surface area (Å²) in [6, 6.07) is 12.5. The standard InChI is InChI=1S/C26H34N6S/c1-25(2,3)21(27)23-29-13-17(31-23)15-7-9-16(10-8-15)19-11-12-20(33-19)18-14-30-24(32-18)22(28)26(4,5)6/h7-14,21-22H,27-28H2,1-6H3,(H,29,31)(H,30,32)/t21-,22-/m1/s1. The molecule has 4 rings (SSSR count). The van der Waals surface area contributed by atoms with Crippen molar-refractivity contribution in [3.8, 4) is 32.3 Å². The lowest BCUT2D eigenvalue weighted by Crippen LogP contribution is -2.27. The molecule has 0 saturated carbocycles. The van der Waals surface area contributed by atoms with Gasteiger partial charge in [0, 0.05) is 4.88 Å². The third-order valence-electron chi connectivity index (χ3n) is 6.00. The van der Waals surface area contributed by atoms with Crippen LogP contribution in [-0.4, -0.2) is 19.9 Å². The normalized spacial score (nSPS) is 14.4. The zero-order valence-electron chi connectivity index (χ0n) is 20.2. The molecule has 0 aliphatic carbocycles. The highest BCUT2D eigenvalue weighted by atomic mass is 32.1. The van der Waals surface area contributed by atoms with Gasteiger partial charge in [0.15, 0.2) is 0 Å². The first-order valence-corrected chi connectivity index (χ1v) is 12.1. The van der Waals surface area contributed by atoms with Crippen LogP contribution < -0.4 is 11.5 Å². The summed E-state index contributed by atoms with van der Waals surface area (Å²) in [5.74, 6) is 1.64. The zero-order valence-corrected chi connectivity index (χ0v) is 21.0. The molecule has 7 heteroatoms. The van der Waals surface area contributed by atoms with Crippen molar-refractivity contribution < 1.29 is 0 Å². The van der Waals surface area contributed by atoms with Crippen LogP contribution in [0.5, 0.6) is 0 Å². The Hall–Kier alpha value is -2.74. The van der Waals surface area contributed by atoms with Crippen molar-refractivity contribution >= 4 is 11.3 Å². The SMILES string of the molecule is CC(C)(C)[C@H](N)c1ncc(-c2ccc(-c3ccc(-c4cnc([C@@H](N)C(C)(C)C)[nH]4)s3)cc2)[nH]1. The second kappa shape index (κ2) is 8.56. The van der Waals surface area contributed by atoms with Crippen LogP contribution in [0, 0.1) is 10.8 Å². The molecule has 174 valence electrons. The van der Waals surface area contributed by atoms with E-state index in [1.807, 2.05) is 12.4 Å². The number of hydrogen-bond acceptors (Lipinski definition) is 5. The monoisotopic (exact) mass is 462 g/mol. The number of aromatic nitrogens is 4. The van der Waals surface area contributed by atoms with Crippen molar-refractivity contribution in [1.82, 2.24) is 19.9 Å². The van der Waals surface area contributed by atoms with Gasteiger partial charge in [-0.1, -0.05) is 65.8 Å². The van der Waals surface area contributed by atoms with E-state index < -0.39 is 0 Å². The van der Waals surface area contributed by atoms with Crippen molar-refractivity contribution in [2.24, 2.45) is 22.3 Å². The number of nitrogens with one attached hydrogen (secondary N) is 2. The second-order valence-corrected chi connectivity index (χ2v) is 11.9. The van der Waals surface area contributed by atoms with E-state index in [2.05, 4.69) is 97.9 Å². The Labute approximate surface area is 199 Å². The lowest BCUT2D eigenvalue weighted by atomic mass is 9.87. The second-order valence-electron chi connectivity index (χ2n) is 10.8. The highest BCUT2D eigenvalue weighted by Crippen LogP contribution is 2.36. The molecule has 0 bridgehead atoms. The molecule has 6 N–H and O–H groups in total. The van der Waals surface area contributed by atoms with Crippen LogP contribution in [-0.2, 0) is 0 Å². The van der Waals surface area contributed by atoms with E-state index in [4.69, 9.17) is 11.5 Å². The topological polar surface area (TPSA) is 109 Å². The lowest BCUT2D eigenvalue weighted by molar-refractivity contribution is 0.316. The zero-order chi connectivity index (χ0) is 24.0. The molecular weight excluding hydrogens is 428 g/mol. The van der Waals surface area contributed by atoms with Crippen LogP contribution in [0.2, 0.25) is 0 Å². The van der Waals surface area contributed by atoms with E-state index in [0.29, 0.717) is 0 Å². The third kappa shape index (κ3) is 4.95. The number of rotatable bonds is 5. The Bertz CT molecular complexity index is 1220. The molecule has 33 heavy (non-hydrogen) atoms. The summed E-state index contributed by atoms with van der Waals surface area (Å²) in [5.41, 5.74) is 16.8. The predicted molar refractivity (Wildman–Crippen MR) is 138 cm³/mol. The maximum Gasteiger partial charge on any atom is 0.124 e. The van der Waals surface area contributed by atoms with Gasteiger partial charge in [0.2, 0.25) is 0 Å². The molecule has 0 aliphatic heterocycles. The highest BCUT2D eigenvalue weighted by molar-refractivity contribution is 7.18. The van der Waals surface area contributed by atoms with Crippen LogP contribution >= 0.6 is 11.3 Å². The van der Waals surface area contributed by atoms with Gasteiger partial charge in [-0.2, -0.15) is 0 Å². The van der Waals surface area contributed by atoms with Gasteiger partial charge in [-0.3, -0.25) is 0 Å². The molecular formula is C26H34N6S. The van der Waals surface area contributed by atoms with Gasteiger partial charge in [-0.15, -0.1) is 11.3 Å². The maximum atomic E-state index is 6.36. The van der Waals surface area contributed by atoms with Crippen molar-refractivity contribution in [3.05, 3.63) is 60.4 Å². The number of H-pyrrole nitrogens is 2. The van der Waals surface area contributed by atoms with E-state index in [1.165, 1.54) is 10.4 Å². The first-order valence-electron chi connectivity index (χ1n) is 11.3. The summed E-state index contributed by atoms with van der Waals surface area (Å²) < 4.78 is 0. The maximum absolute atomic E-state index is 6.36. The fourth-order valence-electron chi connectivity index (χ4n) is 3.53. The summed E-state index contributed by atoms with van der Waals surface area (Å²) in [6.07, 6.45) is 3.73. The Morgan fingerprint density at radius 2 is 1.12 bits per heavy atom. The average Bonchev–Trinajstić information content (AvgIpc) is 3.51. The predicted octanol–water partition coefficient (Wildman–Crippen LogP) is 6.29. The molecule has 0 spiro atoms. The number of nitrogens with zero attached hydrogens (tertiary/aromatic N) is 2. The van der Waals surface area contributed by atoms with Gasteiger partial charge in [-0.05, 0) is 34.1 Å². The minimum absolute atomic E-state index is 0.0509. The van der Waals surface area contributed by atoms with E-state index in [1.54, 1.807) is 11.3 Å². The summed E-state index contributed by atoms with van der Waals surface area (Å²) >= 11 is 1.74. The van der Waals surface area contributed by atoms with Gasteiger partial charge < -0.3 is 21.4 Å². The van der Waals surface area contributed by atoms with Crippen LogP contribution in [0.4, 0.5) is 0 Å². The average molecular weight is 463 g/mol. The van der Waals surface area contributed by atoms with Crippen LogP contribution in [0.1, 0.15) is 65.3 Å². The Balaban J connectivity index is 1.51. The van der Waals surface area contributed by atoms with Crippen LogP contribution in [0.3, 0.4) is 0 Å². The molecule has 0 unspecified atom stereocenters. The smallest absolute Gasteiger partial charge is 0.124 e. The van der Waals surface area contributed by atoms with Crippen molar-refractivity contribution in [2.75, 3.05) is 0 Å². The quantitative estimate of drug-likeness (QED) is 0.279. The molecule has 0 aliphatic rings. The van der Waals surface area contributed by atoms with E-state index >= 15 is 0 Å². The Morgan fingerprint density at radius 1 is 0.667 bits per heavy atom. The number of imidazole rings is 2. The molecule has 0 saturated heterocycles. The first-order chi connectivity index (χ1) is 15.4. The minimum atomic E-state index is -0.143. The number of hydrogen-bond donors (Lipinski definition) is 4. The summed E-state index contributed by atoms with van der Waals surface area (Å²) in [5, 5.41) is 0. The van der Waals surface area contributed by atoms with Crippen molar-refractivity contribution in [1.29, 1.82) is 0 Å².